The van der Waals surface area contributed by atoms with E-state index in [1.807, 2.05) is 7.05 Å². The normalized spacial score (nSPS) is 17.5. The van der Waals surface area contributed by atoms with Crippen LogP contribution in [0.15, 0.2) is 0 Å². The van der Waals surface area contributed by atoms with Gasteiger partial charge in [-0.1, -0.05) is 19.3 Å². The minimum absolute atomic E-state index is 0.0935. The fourth-order valence-corrected chi connectivity index (χ4v) is 2.32. The highest BCUT2D eigenvalue weighted by Crippen LogP contribution is 2.17. The van der Waals surface area contributed by atoms with Crippen LogP contribution in [0.4, 0.5) is 4.79 Å². The van der Waals surface area contributed by atoms with Crippen LogP contribution in [-0.4, -0.2) is 42.6 Å². The standard InChI is InChI=1S/C11H22N2OS/c1-13(8-9-15-2)11(14)12-10-6-4-3-5-7-10/h10H,3-9H2,1-2H3,(H,12,14). The van der Waals surface area contributed by atoms with Crippen molar-refractivity contribution in [1.29, 1.82) is 0 Å². The molecule has 0 spiro atoms. The van der Waals surface area contributed by atoms with Gasteiger partial charge >= 0.3 is 6.03 Å². The number of hydrogen-bond acceptors (Lipinski definition) is 2. The quantitative estimate of drug-likeness (QED) is 0.804. The molecule has 3 nitrogen and oxygen atoms in total. The van der Waals surface area contributed by atoms with E-state index in [2.05, 4.69) is 11.6 Å². The first-order chi connectivity index (χ1) is 7.24. The Morgan fingerprint density at radius 1 is 1.40 bits per heavy atom. The van der Waals surface area contributed by atoms with Gasteiger partial charge in [-0.15, -0.1) is 0 Å². The highest BCUT2D eigenvalue weighted by Gasteiger charge is 2.17. The monoisotopic (exact) mass is 230 g/mol. The number of carbonyl (C=O) groups is 1. The Morgan fingerprint density at radius 2 is 2.07 bits per heavy atom. The van der Waals surface area contributed by atoms with Crippen molar-refractivity contribution in [2.45, 2.75) is 38.1 Å². The van der Waals surface area contributed by atoms with Crippen LogP contribution in [0.5, 0.6) is 0 Å². The third-order valence-electron chi connectivity index (χ3n) is 2.91. The van der Waals surface area contributed by atoms with Gasteiger partial charge in [0, 0.05) is 25.4 Å². The van der Waals surface area contributed by atoms with Gasteiger partial charge < -0.3 is 10.2 Å². The fourth-order valence-electron chi connectivity index (χ4n) is 1.86. The Kier molecular flexibility index (Phi) is 5.91. The Labute approximate surface area is 97.0 Å². The molecule has 1 fully saturated rings. The van der Waals surface area contributed by atoms with Crippen molar-refractivity contribution in [1.82, 2.24) is 10.2 Å². The van der Waals surface area contributed by atoms with Gasteiger partial charge in [0.25, 0.3) is 0 Å². The zero-order valence-corrected chi connectivity index (χ0v) is 10.6. The molecule has 0 aromatic heterocycles. The fraction of sp³-hybridized carbons (Fsp3) is 0.909. The van der Waals surface area contributed by atoms with Crippen LogP contribution >= 0.6 is 11.8 Å². The maximum Gasteiger partial charge on any atom is 0.317 e. The average molecular weight is 230 g/mol. The summed E-state index contributed by atoms with van der Waals surface area (Å²) in [6, 6.07) is 0.513. The van der Waals surface area contributed by atoms with Crippen LogP contribution in [-0.2, 0) is 0 Å². The summed E-state index contributed by atoms with van der Waals surface area (Å²) in [5, 5.41) is 3.11. The second-order valence-corrected chi connectivity index (χ2v) is 5.18. The SMILES string of the molecule is CSCCN(C)C(=O)NC1CCCCC1. The molecule has 1 rings (SSSR count). The smallest absolute Gasteiger partial charge is 0.317 e. The number of carbonyl (C=O) groups excluding carboxylic acids is 1. The Hall–Kier alpha value is -0.380. The van der Waals surface area contributed by atoms with Gasteiger partial charge in [-0.05, 0) is 19.1 Å². The summed E-state index contributed by atoms with van der Waals surface area (Å²) in [7, 11) is 1.87. The van der Waals surface area contributed by atoms with Gasteiger partial charge in [-0.25, -0.2) is 4.79 Å². The molecule has 0 heterocycles. The van der Waals surface area contributed by atoms with Gasteiger partial charge in [-0.3, -0.25) is 0 Å². The molecule has 15 heavy (non-hydrogen) atoms. The van der Waals surface area contributed by atoms with Crippen LogP contribution in [0.25, 0.3) is 0 Å². The molecule has 0 aliphatic heterocycles. The molecule has 4 heteroatoms. The van der Waals surface area contributed by atoms with Crippen LogP contribution < -0.4 is 5.32 Å². The minimum Gasteiger partial charge on any atom is -0.335 e. The van der Waals surface area contributed by atoms with Crippen LogP contribution in [0.3, 0.4) is 0 Å². The van der Waals surface area contributed by atoms with E-state index >= 15 is 0 Å². The van der Waals surface area contributed by atoms with Crippen molar-refractivity contribution >= 4 is 17.8 Å². The van der Waals surface area contributed by atoms with E-state index in [9.17, 15) is 4.79 Å². The summed E-state index contributed by atoms with van der Waals surface area (Å²) in [4.78, 5) is 13.5. The lowest BCUT2D eigenvalue weighted by molar-refractivity contribution is 0.203. The number of hydrogen-bond donors (Lipinski definition) is 1. The van der Waals surface area contributed by atoms with Gasteiger partial charge in [0.05, 0.1) is 0 Å². The Balaban J connectivity index is 2.20. The molecule has 1 aliphatic rings. The lowest BCUT2D eigenvalue weighted by Crippen LogP contribution is -2.44. The third kappa shape index (κ3) is 4.78. The second kappa shape index (κ2) is 6.99. The Bertz CT molecular complexity index is 193. The molecular weight excluding hydrogens is 208 g/mol. The van der Waals surface area contributed by atoms with Crippen molar-refractivity contribution < 1.29 is 4.79 Å². The molecule has 0 unspecified atom stereocenters. The van der Waals surface area contributed by atoms with E-state index < -0.39 is 0 Å². The van der Waals surface area contributed by atoms with Gasteiger partial charge in [0.2, 0.25) is 0 Å². The van der Waals surface area contributed by atoms with Crippen LogP contribution in [0.1, 0.15) is 32.1 Å². The topological polar surface area (TPSA) is 32.3 Å². The number of amides is 2. The van der Waals surface area contributed by atoms with Crippen molar-refractivity contribution in [2.24, 2.45) is 0 Å². The Morgan fingerprint density at radius 3 is 2.67 bits per heavy atom. The third-order valence-corrected chi connectivity index (χ3v) is 3.50. The van der Waals surface area contributed by atoms with Crippen molar-refractivity contribution in [3.8, 4) is 0 Å². The molecule has 0 atom stereocenters. The highest BCUT2D eigenvalue weighted by atomic mass is 32.2. The minimum atomic E-state index is 0.0935. The molecule has 88 valence electrons. The summed E-state index contributed by atoms with van der Waals surface area (Å²) in [5.74, 6) is 1.01. The predicted molar refractivity (Wildman–Crippen MR) is 66.4 cm³/mol. The number of nitrogens with one attached hydrogen (secondary N) is 1. The van der Waals surface area contributed by atoms with Gasteiger partial charge in [0.1, 0.15) is 0 Å². The summed E-state index contributed by atoms with van der Waals surface area (Å²) < 4.78 is 0. The second-order valence-electron chi connectivity index (χ2n) is 4.20. The molecule has 1 aliphatic carbocycles. The van der Waals surface area contributed by atoms with Crippen molar-refractivity contribution in [3.05, 3.63) is 0 Å². The lowest BCUT2D eigenvalue weighted by atomic mass is 9.96. The number of rotatable bonds is 4. The zero-order chi connectivity index (χ0) is 11.1. The molecule has 0 saturated heterocycles. The first kappa shape index (κ1) is 12.7. The molecule has 0 aromatic carbocycles. The van der Waals surface area contributed by atoms with E-state index in [4.69, 9.17) is 0 Å². The van der Waals surface area contributed by atoms with Crippen molar-refractivity contribution in [2.75, 3.05) is 25.6 Å². The maximum atomic E-state index is 11.7. The van der Waals surface area contributed by atoms with E-state index in [-0.39, 0.29) is 6.03 Å². The number of urea groups is 1. The summed E-state index contributed by atoms with van der Waals surface area (Å²) in [5.41, 5.74) is 0. The molecular formula is C11H22N2OS. The van der Waals surface area contributed by atoms with Crippen LogP contribution in [0, 0.1) is 0 Å². The summed E-state index contributed by atoms with van der Waals surface area (Å²) in [6.07, 6.45) is 8.23. The largest absolute Gasteiger partial charge is 0.335 e. The zero-order valence-electron chi connectivity index (χ0n) is 9.79. The van der Waals surface area contributed by atoms with Crippen LogP contribution in [0.2, 0.25) is 0 Å². The van der Waals surface area contributed by atoms with Gasteiger partial charge in [0.15, 0.2) is 0 Å². The number of nitrogens with zero attached hydrogens (tertiary/aromatic N) is 1. The lowest BCUT2D eigenvalue weighted by Gasteiger charge is -2.26. The van der Waals surface area contributed by atoms with E-state index in [0.717, 1.165) is 25.1 Å². The van der Waals surface area contributed by atoms with Gasteiger partial charge in [-0.2, -0.15) is 11.8 Å². The molecule has 1 N–H and O–H groups in total. The molecule has 2 amide bonds. The summed E-state index contributed by atoms with van der Waals surface area (Å²) in [6.45, 7) is 0.833. The summed E-state index contributed by atoms with van der Waals surface area (Å²) >= 11 is 1.77. The predicted octanol–water partition coefficient (Wildman–Crippen LogP) is 2.32. The molecule has 1 saturated carbocycles. The first-order valence-electron chi connectivity index (χ1n) is 5.74. The first-order valence-corrected chi connectivity index (χ1v) is 7.14. The molecule has 0 aromatic rings. The maximum absolute atomic E-state index is 11.7. The average Bonchev–Trinajstić information content (AvgIpc) is 2.27. The van der Waals surface area contributed by atoms with E-state index in [0.29, 0.717) is 6.04 Å². The molecule has 0 radical (unpaired) electrons. The van der Waals surface area contributed by atoms with E-state index in [1.54, 1.807) is 16.7 Å². The van der Waals surface area contributed by atoms with Crippen molar-refractivity contribution in [3.63, 3.8) is 0 Å². The molecule has 0 bridgehead atoms. The number of thioether (sulfide) groups is 1. The highest BCUT2D eigenvalue weighted by molar-refractivity contribution is 7.98. The van der Waals surface area contributed by atoms with E-state index in [1.165, 1.54) is 19.3 Å².